The number of methoxy groups -OCH3 is 2. The highest BCUT2D eigenvalue weighted by Gasteiger charge is 2.44. The maximum Gasteiger partial charge on any atom is 0.247 e. The van der Waals surface area contributed by atoms with E-state index in [9.17, 15) is 13.2 Å². The van der Waals surface area contributed by atoms with Gasteiger partial charge in [0.05, 0.1) is 14.2 Å². The predicted molar refractivity (Wildman–Crippen MR) is 93.1 cm³/mol. The van der Waals surface area contributed by atoms with E-state index in [4.69, 9.17) is 15.2 Å². The zero-order chi connectivity index (χ0) is 18.8. The second-order valence-corrected chi connectivity index (χ2v) is 8.13. The number of nitrogens with zero attached hydrogens (tertiary/aromatic N) is 1. The van der Waals surface area contributed by atoms with Gasteiger partial charge in [0, 0.05) is 24.7 Å². The van der Waals surface area contributed by atoms with Crippen molar-refractivity contribution in [2.75, 3.05) is 20.8 Å². The van der Waals surface area contributed by atoms with Crippen molar-refractivity contribution >= 4 is 15.9 Å². The molecule has 25 heavy (non-hydrogen) atoms. The molecule has 1 saturated heterocycles. The quantitative estimate of drug-likeness (QED) is 0.745. The van der Waals surface area contributed by atoms with E-state index >= 15 is 0 Å². The molecule has 2 rings (SSSR count). The SMILES string of the molecule is COc1ccc(OC)c(S(=O)(=O)N2C[C@@H](N)C[C@H]2C(=O)NC(C)C)c1. The third kappa shape index (κ3) is 4.05. The number of ether oxygens (including phenoxy) is 2. The number of benzene rings is 1. The first kappa shape index (κ1) is 19.5. The van der Waals surface area contributed by atoms with Crippen LogP contribution in [0.1, 0.15) is 20.3 Å². The van der Waals surface area contributed by atoms with Crippen LogP contribution in [0.15, 0.2) is 23.1 Å². The summed E-state index contributed by atoms with van der Waals surface area (Å²) in [5.41, 5.74) is 5.94. The Morgan fingerprint density at radius 1 is 1.32 bits per heavy atom. The molecule has 1 fully saturated rings. The lowest BCUT2D eigenvalue weighted by atomic mass is 10.1. The summed E-state index contributed by atoms with van der Waals surface area (Å²) >= 11 is 0. The van der Waals surface area contributed by atoms with Crippen LogP contribution in [0.5, 0.6) is 11.5 Å². The summed E-state index contributed by atoms with van der Waals surface area (Å²) in [5, 5.41) is 2.75. The van der Waals surface area contributed by atoms with Crippen LogP contribution >= 0.6 is 0 Å². The Kier molecular flexibility index (Phi) is 5.91. The molecule has 1 aromatic rings. The highest BCUT2D eigenvalue weighted by Crippen LogP contribution is 2.33. The summed E-state index contributed by atoms with van der Waals surface area (Å²) in [7, 11) is -1.15. The van der Waals surface area contributed by atoms with Crippen molar-refractivity contribution < 1.29 is 22.7 Å². The fraction of sp³-hybridized carbons (Fsp3) is 0.562. The van der Waals surface area contributed by atoms with Crippen molar-refractivity contribution in [2.45, 2.75) is 43.3 Å². The number of hydrogen-bond acceptors (Lipinski definition) is 6. The summed E-state index contributed by atoms with van der Waals surface area (Å²) < 4.78 is 37.8. The Morgan fingerprint density at radius 2 is 2.00 bits per heavy atom. The molecule has 1 amide bonds. The molecular weight excluding hydrogens is 346 g/mol. The first-order valence-corrected chi connectivity index (χ1v) is 9.44. The number of amides is 1. The normalized spacial score (nSPS) is 21.4. The van der Waals surface area contributed by atoms with Gasteiger partial charge in [0.1, 0.15) is 22.4 Å². The minimum absolute atomic E-state index is 0.0502. The van der Waals surface area contributed by atoms with Crippen LogP contribution in [0, 0.1) is 0 Å². The molecule has 1 aliphatic rings. The fourth-order valence-electron chi connectivity index (χ4n) is 2.83. The fourth-order valence-corrected chi connectivity index (χ4v) is 4.66. The predicted octanol–water partition coefficient (Wildman–Crippen LogP) is 0.319. The van der Waals surface area contributed by atoms with E-state index in [0.717, 1.165) is 4.31 Å². The van der Waals surface area contributed by atoms with Gasteiger partial charge in [0.15, 0.2) is 0 Å². The lowest BCUT2D eigenvalue weighted by Gasteiger charge is -2.25. The van der Waals surface area contributed by atoms with Gasteiger partial charge >= 0.3 is 0 Å². The summed E-state index contributed by atoms with van der Waals surface area (Å²) in [6.07, 6.45) is 0.268. The molecule has 2 atom stereocenters. The molecule has 9 heteroatoms. The molecule has 1 aliphatic heterocycles. The van der Waals surface area contributed by atoms with Gasteiger partial charge in [-0.05, 0) is 32.4 Å². The van der Waals surface area contributed by atoms with E-state index in [1.807, 2.05) is 13.8 Å². The maximum atomic E-state index is 13.2. The number of carbonyl (C=O) groups is 1. The van der Waals surface area contributed by atoms with E-state index < -0.39 is 22.1 Å². The van der Waals surface area contributed by atoms with Crippen LogP contribution in [0.2, 0.25) is 0 Å². The van der Waals surface area contributed by atoms with Crippen LogP contribution in [0.25, 0.3) is 0 Å². The van der Waals surface area contributed by atoms with Crippen molar-refractivity contribution in [3.8, 4) is 11.5 Å². The van der Waals surface area contributed by atoms with Gasteiger partial charge in [0.25, 0.3) is 0 Å². The Hall–Kier alpha value is -1.84. The van der Waals surface area contributed by atoms with Gasteiger partial charge < -0.3 is 20.5 Å². The number of sulfonamides is 1. The van der Waals surface area contributed by atoms with Gasteiger partial charge in [-0.25, -0.2) is 8.42 Å². The van der Waals surface area contributed by atoms with E-state index in [0.29, 0.717) is 5.75 Å². The molecule has 0 spiro atoms. The number of hydrogen-bond donors (Lipinski definition) is 2. The Morgan fingerprint density at radius 3 is 2.56 bits per heavy atom. The summed E-state index contributed by atoms with van der Waals surface area (Å²) in [4.78, 5) is 12.4. The highest BCUT2D eigenvalue weighted by atomic mass is 32.2. The second kappa shape index (κ2) is 7.59. The lowest BCUT2D eigenvalue weighted by Crippen LogP contribution is -2.47. The average molecular weight is 371 g/mol. The van der Waals surface area contributed by atoms with Crippen LogP contribution in [-0.2, 0) is 14.8 Å². The number of carbonyl (C=O) groups excluding carboxylic acids is 1. The Labute approximate surface area is 148 Å². The van der Waals surface area contributed by atoms with E-state index in [2.05, 4.69) is 5.32 Å². The van der Waals surface area contributed by atoms with E-state index in [-0.39, 0.29) is 35.6 Å². The first-order chi connectivity index (χ1) is 11.7. The third-order valence-electron chi connectivity index (χ3n) is 3.98. The van der Waals surface area contributed by atoms with Gasteiger partial charge in [0.2, 0.25) is 15.9 Å². The van der Waals surface area contributed by atoms with Crippen LogP contribution in [0.4, 0.5) is 0 Å². The van der Waals surface area contributed by atoms with Gasteiger partial charge in [-0.15, -0.1) is 0 Å². The smallest absolute Gasteiger partial charge is 0.247 e. The van der Waals surface area contributed by atoms with E-state index in [1.165, 1.54) is 26.4 Å². The highest BCUT2D eigenvalue weighted by molar-refractivity contribution is 7.89. The maximum absolute atomic E-state index is 13.2. The Balaban J connectivity index is 2.45. The van der Waals surface area contributed by atoms with Gasteiger partial charge in [-0.2, -0.15) is 4.31 Å². The summed E-state index contributed by atoms with van der Waals surface area (Å²) in [5.74, 6) is 0.212. The van der Waals surface area contributed by atoms with Crippen LogP contribution in [0.3, 0.4) is 0 Å². The first-order valence-electron chi connectivity index (χ1n) is 8.00. The monoisotopic (exact) mass is 371 g/mol. The lowest BCUT2D eigenvalue weighted by molar-refractivity contribution is -0.124. The second-order valence-electron chi connectivity index (χ2n) is 6.27. The third-order valence-corrected chi connectivity index (χ3v) is 5.87. The molecule has 0 saturated carbocycles. The molecule has 8 nitrogen and oxygen atoms in total. The zero-order valence-electron chi connectivity index (χ0n) is 14.9. The van der Waals surface area contributed by atoms with Crippen LogP contribution in [-0.4, -0.2) is 57.5 Å². The zero-order valence-corrected chi connectivity index (χ0v) is 15.7. The minimum Gasteiger partial charge on any atom is -0.497 e. The number of nitrogens with one attached hydrogen (secondary N) is 1. The molecular formula is C16H25N3O5S. The van der Waals surface area contributed by atoms with Crippen molar-refractivity contribution in [1.82, 2.24) is 9.62 Å². The molecule has 1 heterocycles. The summed E-state index contributed by atoms with van der Waals surface area (Å²) in [6.45, 7) is 3.70. The standard InChI is InChI=1S/C16H25N3O5S/c1-10(2)18-16(20)13-7-11(17)9-19(13)25(21,22)15-8-12(23-3)5-6-14(15)24-4/h5-6,8,10-11,13H,7,9,17H2,1-4H3,(H,18,20)/t11-,13-/m0/s1. The number of rotatable bonds is 6. The molecule has 1 aromatic carbocycles. The Bertz CT molecular complexity index is 735. The van der Waals surface area contributed by atoms with Crippen molar-refractivity contribution in [3.63, 3.8) is 0 Å². The summed E-state index contributed by atoms with van der Waals surface area (Å²) in [6, 6.07) is 3.16. The van der Waals surface area contributed by atoms with Crippen molar-refractivity contribution in [3.05, 3.63) is 18.2 Å². The van der Waals surface area contributed by atoms with Gasteiger partial charge in [-0.3, -0.25) is 4.79 Å². The number of nitrogens with two attached hydrogens (primary N) is 1. The van der Waals surface area contributed by atoms with E-state index in [1.54, 1.807) is 6.07 Å². The van der Waals surface area contributed by atoms with Crippen molar-refractivity contribution in [1.29, 1.82) is 0 Å². The topological polar surface area (TPSA) is 111 Å². The van der Waals surface area contributed by atoms with Crippen molar-refractivity contribution in [2.24, 2.45) is 5.73 Å². The molecule has 140 valence electrons. The van der Waals surface area contributed by atoms with Crippen LogP contribution < -0.4 is 20.5 Å². The largest absolute Gasteiger partial charge is 0.497 e. The minimum atomic E-state index is -3.99. The molecule has 3 N–H and O–H groups in total. The molecule has 0 radical (unpaired) electrons. The average Bonchev–Trinajstić information content (AvgIpc) is 2.96. The van der Waals surface area contributed by atoms with Gasteiger partial charge in [-0.1, -0.05) is 0 Å². The molecule has 0 aliphatic carbocycles. The molecule has 0 aromatic heterocycles. The molecule has 0 bridgehead atoms. The molecule has 0 unspecified atom stereocenters.